The van der Waals surface area contributed by atoms with Gasteiger partial charge in [-0.05, 0) is 52.9 Å². The molecule has 1 amide bonds. The second kappa shape index (κ2) is 7.99. The number of pyridine rings is 1. The predicted molar refractivity (Wildman–Crippen MR) is 119 cm³/mol. The molecule has 1 aromatic heterocycles. The number of benzene rings is 1. The van der Waals surface area contributed by atoms with E-state index in [2.05, 4.69) is 34.8 Å². The molecule has 1 aromatic carbocycles. The quantitative estimate of drug-likeness (QED) is 0.601. The van der Waals surface area contributed by atoms with Crippen LogP contribution in [0.1, 0.15) is 51.5 Å². The molecule has 2 aromatic rings. The number of allylic oxidation sites excluding steroid dienone is 2. The summed E-state index contributed by atoms with van der Waals surface area (Å²) in [4.78, 5) is 32.9. The standard InChI is InChI=1S/C24H25BrN2O3/c1-4-30-20-8-6-5-7-16(20)17-11-22(29)27(21-10-9-15(25)14-26-21)18-12-24(2,3)13-19(28)23(17)18/h5-10,14,17H,4,11-13H2,1-3H3. The van der Waals surface area contributed by atoms with E-state index in [1.54, 1.807) is 11.1 Å². The number of ether oxygens (including phenoxy) is 1. The number of ketones is 1. The van der Waals surface area contributed by atoms with Gasteiger partial charge in [0.2, 0.25) is 5.91 Å². The number of carbonyl (C=O) groups excluding carboxylic acids is 2. The largest absolute Gasteiger partial charge is 0.494 e. The van der Waals surface area contributed by atoms with Crippen molar-refractivity contribution in [3.8, 4) is 5.75 Å². The molecule has 1 atom stereocenters. The molecular formula is C24H25BrN2O3. The lowest BCUT2D eigenvalue weighted by molar-refractivity contribution is -0.121. The van der Waals surface area contributed by atoms with E-state index in [1.165, 1.54) is 0 Å². The summed E-state index contributed by atoms with van der Waals surface area (Å²) in [5, 5.41) is 0. The lowest BCUT2D eigenvalue weighted by Crippen LogP contribution is -2.44. The molecule has 5 nitrogen and oxygen atoms in total. The third-order valence-electron chi connectivity index (χ3n) is 5.68. The number of carbonyl (C=O) groups is 2. The van der Waals surface area contributed by atoms with Gasteiger partial charge in [0.25, 0.3) is 0 Å². The van der Waals surface area contributed by atoms with E-state index in [-0.39, 0.29) is 29.4 Å². The fourth-order valence-corrected chi connectivity index (χ4v) is 4.74. The Morgan fingerprint density at radius 1 is 1.17 bits per heavy atom. The summed E-state index contributed by atoms with van der Waals surface area (Å²) in [6.45, 7) is 6.61. The van der Waals surface area contributed by atoms with Crippen molar-refractivity contribution in [3.05, 3.63) is 63.9 Å². The molecule has 4 rings (SSSR count). The molecule has 0 N–H and O–H groups in total. The first-order valence-corrected chi connectivity index (χ1v) is 11.0. The Kier molecular flexibility index (Phi) is 5.53. The van der Waals surface area contributed by atoms with Gasteiger partial charge in [0.1, 0.15) is 11.6 Å². The second-order valence-electron chi connectivity index (χ2n) is 8.59. The van der Waals surface area contributed by atoms with Crippen LogP contribution in [-0.2, 0) is 9.59 Å². The van der Waals surface area contributed by atoms with Gasteiger partial charge in [-0.2, -0.15) is 0 Å². The highest BCUT2D eigenvalue weighted by molar-refractivity contribution is 9.10. The number of nitrogens with zero attached hydrogens (tertiary/aromatic N) is 2. The molecule has 1 aliphatic heterocycles. The lowest BCUT2D eigenvalue weighted by Gasteiger charge is -2.42. The molecule has 0 fully saturated rings. The molecule has 0 bridgehead atoms. The van der Waals surface area contributed by atoms with Gasteiger partial charge in [0.15, 0.2) is 5.78 Å². The number of Topliss-reactive ketones (excluding diaryl/α,β-unsaturated/α-hetero) is 1. The highest BCUT2D eigenvalue weighted by Crippen LogP contribution is 2.49. The van der Waals surface area contributed by atoms with Crippen LogP contribution >= 0.6 is 15.9 Å². The molecule has 1 aliphatic carbocycles. The highest BCUT2D eigenvalue weighted by Gasteiger charge is 2.45. The number of hydrogen-bond donors (Lipinski definition) is 0. The van der Waals surface area contributed by atoms with Crippen LogP contribution in [0.5, 0.6) is 5.75 Å². The summed E-state index contributed by atoms with van der Waals surface area (Å²) >= 11 is 3.40. The van der Waals surface area contributed by atoms with Crippen LogP contribution in [0.2, 0.25) is 0 Å². The molecule has 2 heterocycles. The van der Waals surface area contributed by atoms with Crippen molar-refractivity contribution in [2.24, 2.45) is 5.41 Å². The first-order chi connectivity index (χ1) is 14.3. The Morgan fingerprint density at radius 2 is 1.93 bits per heavy atom. The summed E-state index contributed by atoms with van der Waals surface area (Å²) in [5.41, 5.74) is 2.19. The molecule has 30 heavy (non-hydrogen) atoms. The van der Waals surface area contributed by atoms with Crippen molar-refractivity contribution in [1.29, 1.82) is 0 Å². The van der Waals surface area contributed by atoms with Gasteiger partial charge in [-0.3, -0.25) is 14.5 Å². The third-order valence-corrected chi connectivity index (χ3v) is 6.15. The Hall–Kier alpha value is -2.47. The van der Waals surface area contributed by atoms with Crippen LogP contribution < -0.4 is 9.64 Å². The molecule has 0 radical (unpaired) electrons. The van der Waals surface area contributed by atoms with E-state index in [4.69, 9.17) is 4.74 Å². The average molecular weight is 469 g/mol. The molecule has 156 valence electrons. The van der Waals surface area contributed by atoms with Gasteiger partial charge >= 0.3 is 0 Å². The monoisotopic (exact) mass is 468 g/mol. The molecule has 2 aliphatic rings. The third kappa shape index (κ3) is 3.81. The van der Waals surface area contributed by atoms with Gasteiger partial charge in [-0.15, -0.1) is 0 Å². The topological polar surface area (TPSA) is 59.5 Å². The van der Waals surface area contributed by atoms with Crippen LogP contribution in [0.15, 0.2) is 58.3 Å². The predicted octanol–water partition coefficient (Wildman–Crippen LogP) is 5.41. The second-order valence-corrected chi connectivity index (χ2v) is 9.51. The summed E-state index contributed by atoms with van der Waals surface area (Å²) in [6, 6.07) is 11.4. The maximum absolute atomic E-state index is 13.4. The highest BCUT2D eigenvalue weighted by atomic mass is 79.9. The van der Waals surface area contributed by atoms with Crippen molar-refractivity contribution in [2.75, 3.05) is 11.5 Å². The van der Waals surface area contributed by atoms with Gasteiger partial charge in [-0.1, -0.05) is 32.0 Å². The van der Waals surface area contributed by atoms with E-state index < -0.39 is 0 Å². The van der Waals surface area contributed by atoms with Crippen molar-refractivity contribution < 1.29 is 14.3 Å². The Morgan fingerprint density at radius 3 is 2.63 bits per heavy atom. The lowest BCUT2D eigenvalue weighted by atomic mass is 9.69. The van der Waals surface area contributed by atoms with Gasteiger partial charge in [-0.25, -0.2) is 4.98 Å². The molecule has 1 unspecified atom stereocenters. The van der Waals surface area contributed by atoms with Crippen molar-refractivity contribution in [3.63, 3.8) is 0 Å². The molecule has 6 heteroatoms. The van der Waals surface area contributed by atoms with E-state index >= 15 is 0 Å². The zero-order valence-electron chi connectivity index (χ0n) is 17.4. The number of halogens is 1. The van der Waals surface area contributed by atoms with Crippen molar-refractivity contribution >= 4 is 33.4 Å². The van der Waals surface area contributed by atoms with Gasteiger partial charge in [0, 0.05) is 46.3 Å². The first kappa shape index (κ1) is 20.8. The zero-order valence-corrected chi connectivity index (χ0v) is 19.0. The van der Waals surface area contributed by atoms with Crippen molar-refractivity contribution in [2.45, 2.75) is 46.0 Å². The number of para-hydroxylation sites is 1. The fraction of sp³-hybridized carbons (Fsp3) is 0.375. The maximum Gasteiger partial charge on any atom is 0.233 e. The van der Waals surface area contributed by atoms with Crippen LogP contribution in [0, 0.1) is 5.41 Å². The zero-order chi connectivity index (χ0) is 21.5. The minimum absolute atomic E-state index is 0.0506. The van der Waals surface area contributed by atoms with E-state index in [0.717, 1.165) is 27.1 Å². The number of hydrogen-bond acceptors (Lipinski definition) is 4. The molecule has 0 spiro atoms. The van der Waals surface area contributed by atoms with Crippen LogP contribution in [0.25, 0.3) is 0 Å². The number of amides is 1. The van der Waals surface area contributed by atoms with Crippen LogP contribution in [0.4, 0.5) is 5.82 Å². The number of aromatic nitrogens is 1. The summed E-state index contributed by atoms with van der Waals surface area (Å²) in [7, 11) is 0. The SMILES string of the molecule is CCOc1ccccc1C1CC(=O)N(c2ccc(Br)cn2)C2=C1C(=O)CC(C)(C)C2. The normalized spacial score (nSPS) is 20.9. The van der Waals surface area contributed by atoms with E-state index in [0.29, 0.717) is 25.3 Å². The number of anilines is 1. The molecule has 0 saturated carbocycles. The van der Waals surface area contributed by atoms with Gasteiger partial charge in [0.05, 0.1) is 6.61 Å². The Bertz CT molecular complexity index is 1030. The van der Waals surface area contributed by atoms with Gasteiger partial charge < -0.3 is 4.74 Å². The minimum atomic E-state index is -0.300. The van der Waals surface area contributed by atoms with E-state index in [1.807, 2.05) is 43.3 Å². The Labute approximate surface area is 185 Å². The average Bonchev–Trinajstić information content (AvgIpc) is 2.68. The van der Waals surface area contributed by atoms with Crippen LogP contribution in [0.3, 0.4) is 0 Å². The van der Waals surface area contributed by atoms with E-state index in [9.17, 15) is 9.59 Å². The molecule has 0 saturated heterocycles. The van der Waals surface area contributed by atoms with Crippen LogP contribution in [-0.4, -0.2) is 23.3 Å². The Balaban J connectivity index is 1.89. The summed E-state index contributed by atoms with van der Waals surface area (Å²) in [5.74, 6) is 1.04. The minimum Gasteiger partial charge on any atom is -0.494 e. The summed E-state index contributed by atoms with van der Waals surface area (Å²) in [6.07, 6.45) is 3.00. The first-order valence-electron chi connectivity index (χ1n) is 10.2. The maximum atomic E-state index is 13.4. The number of rotatable bonds is 4. The smallest absolute Gasteiger partial charge is 0.233 e. The fourth-order valence-electron chi connectivity index (χ4n) is 4.50. The molecular weight excluding hydrogens is 444 g/mol. The van der Waals surface area contributed by atoms with Crippen molar-refractivity contribution in [1.82, 2.24) is 4.98 Å². The summed E-state index contributed by atoms with van der Waals surface area (Å²) < 4.78 is 6.67.